The Morgan fingerprint density at radius 1 is 0.853 bits per heavy atom. The molecule has 0 aromatic heterocycles. The number of hydrogen-bond donors (Lipinski definition) is 2. The van der Waals surface area contributed by atoms with Gasteiger partial charge in [-0.25, -0.2) is 0 Å². The summed E-state index contributed by atoms with van der Waals surface area (Å²) in [6.07, 6.45) is 11.5. The van der Waals surface area contributed by atoms with Gasteiger partial charge in [-0.15, -0.1) is 0 Å². The molecule has 5 fully saturated rings. The average Bonchev–Trinajstić information content (AvgIpc) is 3.18. The van der Waals surface area contributed by atoms with Crippen molar-refractivity contribution in [3.63, 3.8) is 0 Å². The summed E-state index contributed by atoms with van der Waals surface area (Å²) < 4.78 is 0. The van der Waals surface area contributed by atoms with Crippen LogP contribution in [-0.2, 0) is 4.79 Å². The topological polar surface area (TPSA) is 57.5 Å². The zero-order valence-electron chi connectivity index (χ0n) is 22.8. The highest BCUT2D eigenvalue weighted by Crippen LogP contribution is 2.77. The van der Waals surface area contributed by atoms with Gasteiger partial charge in [-0.05, 0) is 122 Å². The minimum atomic E-state index is -0.534. The highest BCUT2D eigenvalue weighted by Gasteiger charge is 2.72. The summed E-state index contributed by atoms with van der Waals surface area (Å²) in [6.45, 7) is 19.0. The maximum atomic E-state index is 12.8. The van der Waals surface area contributed by atoms with Crippen molar-refractivity contribution in [1.82, 2.24) is 0 Å². The lowest BCUT2D eigenvalue weighted by Crippen LogP contribution is -2.67. The Bertz CT molecular complexity index is 876. The fourth-order valence-electron chi connectivity index (χ4n) is 11.7. The summed E-state index contributed by atoms with van der Waals surface area (Å²) >= 11 is 0. The maximum Gasteiger partial charge on any atom is 0.309 e. The molecule has 3 heteroatoms. The zero-order chi connectivity index (χ0) is 24.9. The number of rotatable bonds is 3. The van der Waals surface area contributed by atoms with Gasteiger partial charge in [-0.1, -0.05) is 53.7 Å². The normalized spacial score (nSPS) is 53.7. The molecule has 2 N–H and O–H groups in total. The van der Waals surface area contributed by atoms with Gasteiger partial charge in [0.1, 0.15) is 0 Å². The minimum absolute atomic E-state index is 0.0213. The summed E-state index contributed by atoms with van der Waals surface area (Å²) in [5, 5.41) is 21.5. The van der Waals surface area contributed by atoms with Crippen molar-refractivity contribution >= 4 is 5.97 Å². The standard InChI is InChI=1S/C31H50O3/c1-8-19(2)20-11-16-31(26(33)34)18-17-29(6)21(25(20)31)9-10-23-28(5)14-13-24(32)27(3,4)22(28)12-15-30(23,29)7/h20-25,32H,2,8-18H2,1,3-7H3,(H,33,34)/t20?,21?,22?,23?,24-,25?,28-,29+,30+,31-/m0/s1. The third-order valence-corrected chi connectivity index (χ3v) is 13.8. The van der Waals surface area contributed by atoms with Crippen LogP contribution in [0.15, 0.2) is 12.2 Å². The molecule has 10 atom stereocenters. The summed E-state index contributed by atoms with van der Waals surface area (Å²) in [5.74, 6) is 1.82. The van der Waals surface area contributed by atoms with Gasteiger partial charge in [-0.3, -0.25) is 4.79 Å². The number of carboxylic acid groups (broad SMARTS) is 1. The molecule has 34 heavy (non-hydrogen) atoms. The molecule has 0 aromatic rings. The van der Waals surface area contributed by atoms with E-state index in [1.54, 1.807) is 0 Å². The van der Waals surface area contributed by atoms with E-state index in [0.717, 1.165) is 44.9 Å². The number of carboxylic acids is 1. The molecule has 5 unspecified atom stereocenters. The first-order valence-electron chi connectivity index (χ1n) is 14.4. The molecule has 0 radical (unpaired) electrons. The number of hydrogen-bond acceptors (Lipinski definition) is 2. The van der Waals surface area contributed by atoms with Gasteiger partial charge < -0.3 is 10.2 Å². The first kappa shape index (κ1) is 24.8. The lowest BCUT2D eigenvalue weighted by atomic mass is 9.32. The molecule has 0 aromatic carbocycles. The van der Waals surface area contributed by atoms with Crippen LogP contribution < -0.4 is 0 Å². The SMILES string of the molecule is C=C(CC)C1CC[C@]2(C(=O)O)CC[C@]3(C)C(CCC4[C@@]5(C)CC[C@H](O)C(C)(C)C5CC[C@]43C)C12. The van der Waals surface area contributed by atoms with Crippen molar-refractivity contribution in [3.05, 3.63) is 12.2 Å². The number of aliphatic carboxylic acids is 1. The van der Waals surface area contributed by atoms with Crippen LogP contribution in [0.1, 0.15) is 112 Å². The maximum absolute atomic E-state index is 12.8. The van der Waals surface area contributed by atoms with Crippen LogP contribution in [0.25, 0.3) is 0 Å². The van der Waals surface area contributed by atoms with E-state index in [-0.39, 0.29) is 33.7 Å². The summed E-state index contributed by atoms with van der Waals surface area (Å²) in [4.78, 5) is 12.8. The van der Waals surface area contributed by atoms with E-state index < -0.39 is 11.4 Å². The molecule has 0 amide bonds. The smallest absolute Gasteiger partial charge is 0.309 e. The van der Waals surface area contributed by atoms with E-state index in [0.29, 0.717) is 23.7 Å². The molecular weight excluding hydrogens is 420 g/mol. The van der Waals surface area contributed by atoms with E-state index in [9.17, 15) is 15.0 Å². The average molecular weight is 471 g/mol. The quantitative estimate of drug-likeness (QED) is 0.420. The van der Waals surface area contributed by atoms with Gasteiger partial charge in [0.25, 0.3) is 0 Å². The monoisotopic (exact) mass is 470 g/mol. The summed E-state index contributed by atoms with van der Waals surface area (Å²) in [7, 11) is 0. The van der Waals surface area contributed by atoms with Crippen molar-refractivity contribution in [1.29, 1.82) is 0 Å². The van der Waals surface area contributed by atoms with Crippen molar-refractivity contribution in [2.75, 3.05) is 0 Å². The van der Waals surface area contributed by atoms with E-state index in [4.69, 9.17) is 0 Å². The number of aliphatic hydroxyl groups excluding tert-OH is 1. The van der Waals surface area contributed by atoms with Crippen molar-refractivity contribution in [2.45, 2.75) is 118 Å². The third kappa shape index (κ3) is 2.83. The van der Waals surface area contributed by atoms with Crippen LogP contribution in [0.3, 0.4) is 0 Å². The molecule has 0 bridgehead atoms. The van der Waals surface area contributed by atoms with E-state index in [1.165, 1.54) is 31.3 Å². The Morgan fingerprint density at radius 3 is 2.21 bits per heavy atom. The molecule has 5 rings (SSSR count). The second-order valence-electron chi connectivity index (χ2n) is 14.7. The molecular formula is C31H50O3. The van der Waals surface area contributed by atoms with Gasteiger partial charge in [-0.2, -0.15) is 0 Å². The van der Waals surface area contributed by atoms with Crippen LogP contribution in [0.4, 0.5) is 0 Å². The Labute approximate surface area is 208 Å². The second kappa shape index (κ2) is 7.59. The summed E-state index contributed by atoms with van der Waals surface area (Å²) in [5.41, 5.74) is 1.44. The van der Waals surface area contributed by atoms with Crippen molar-refractivity contribution in [2.24, 2.45) is 56.7 Å². The van der Waals surface area contributed by atoms with Crippen LogP contribution >= 0.6 is 0 Å². The molecule has 5 aliphatic carbocycles. The first-order valence-corrected chi connectivity index (χ1v) is 14.4. The number of aliphatic hydroxyl groups is 1. The largest absolute Gasteiger partial charge is 0.481 e. The van der Waals surface area contributed by atoms with E-state index in [2.05, 4.69) is 48.1 Å². The Kier molecular flexibility index (Phi) is 5.55. The number of fused-ring (bicyclic) bond motifs is 7. The van der Waals surface area contributed by atoms with Gasteiger partial charge in [0.2, 0.25) is 0 Å². The highest BCUT2D eigenvalue weighted by atomic mass is 16.4. The molecule has 0 heterocycles. The van der Waals surface area contributed by atoms with Crippen LogP contribution in [0.5, 0.6) is 0 Å². The second-order valence-corrected chi connectivity index (χ2v) is 14.7. The highest BCUT2D eigenvalue weighted by molar-refractivity contribution is 5.76. The number of allylic oxidation sites excluding steroid dienone is 1. The molecule has 0 spiro atoms. The first-order chi connectivity index (χ1) is 15.8. The molecule has 5 saturated carbocycles. The van der Waals surface area contributed by atoms with Gasteiger partial charge in [0.15, 0.2) is 0 Å². The van der Waals surface area contributed by atoms with Crippen molar-refractivity contribution in [3.8, 4) is 0 Å². The van der Waals surface area contributed by atoms with Crippen LogP contribution in [0, 0.1) is 56.7 Å². The molecule has 0 saturated heterocycles. The van der Waals surface area contributed by atoms with Gasteiger partial charge >= 0.3 is 5.97 Å². The van der Waals surface area contributed by atoms with Gasteiger partial charge in [0.05, 0.1) is 11.5 Å². The molecule has 192 valence electrons. The lowest BCUT2D eigenvalue weighted by Gasteiger charge is -2.72. The minimum Gasteiger partial charge on any atom is -0.481 e. The fourth-order valence-corrected chi connectivity index (χ4v) is 11.7. The fraction of sp³-hybridized carbons (Fsp3) is 0.903. The molecule has 3 nitrogen and oxygen atoms in total. The zero-order valence-corrected chi connectivity index (χ0v) is 22.8. The predicted octanol–water partition coefficient (Wildman–Crippen LogP) is 7.48. The Balaban J connectivity index is 1.56. The van der Waals surface area contributed by atoms with E-state index in [1.807, 2.05) is 0 Å². The summed E-state index contributed by atoms with van der Waals surface area (Å²) in [6, 6.07) is 0. The van der Waals surface area contributed by atoms with Gasteiger partial charge in [0, 0.05) is 0 Å². The molecule has 5 aliphatic rings. The van der Waals surface area contributed by atoms with E-state index >= 15 is 0 Å². The van der Waals surface area contributed by atoms with Crippen LogP contribution in [-0.4, -0.2) is 22.3 Å². The lowest BCUT2D eigenvalue weighted by molar-refractivity contribution is -0.248. The predicted molar refractivity (Wildman–Crippen MR) is 137 cm³/mol. The van der Waals surface area contributed by atoms with Crippen molar-refractivity contribution < 1.29 is 15.0 Å². The Hall–Kier alpha value is -0.830. The van der Waals surface area contributed by atoms with Crippen LogP contribution in [0.2, 0.25) is 0 Å². The Morgan fingerprint density at radius 2 is 1.56 bits per heavy atom. The molecule has 0 aliphatic heterocycles. The third-order valence-electron chi connectivity index (χ3n) is 13.8. The number of carbonyl (C=O) groups is 1.